The van der Waals surface area contributed by atoms with Gasteiger partial charge >= 0.3 is 0 Å². The van der Waals surface area contributed by atoms with Crippen LogP contribution in [0, 0.1) is 41.5 Å². The van der Waals surface area contributed by atoms with E-state index in [1.807, 2.05) is 0 Å². The minimum absolute atomic E-state index is 0.357. The number of aromatic nitrogens is 7. The summed E-state index contributed by atoms with van der Waals surface area (Å²) >= 11 is 0. The molecule has 0 unspecified atom stereocenters. The Kier molecular flexibility index (Phi) is 9.92. The topological polar surface area (TPSA) is 58.4 Å². The fourth-order valence-electron chi connectivity index (χ4n) is 13.5. The number of rotatable bonds is 7. The van der Waals surface area contributed by atoms with Crippen molar-refractivity contribution in [1.82, 2.24) is 33.2 Å². The summed E-state index contributed by atoms with van der Waals surface area (Å²) in [6.07, 6.45) is 0. The summed E-state index contributed by atoms with van der Waals surface area (Å²) in [5.74, 6) is 1.09. The van der Waals surface area contributed by atoms with Crippen LogP contribution in [0.15, 0.2) is 206 Å². The molecular weight excluding hydrogens is 938 g/mol. The van der Waals surface area contributed by atoms with Gasteiger partial charge in [-0.15, -0.1) is 0 Å². The van der Waals surface area contributed by atoms with Gasteiger partial charge in [0.05, 0.1) is 44.1 Å². The standard InChI is InChI=1S/C69H52BN7/c1-41-37-43(3)61(44(4)38-41)70(62-45(5)39-42(2)40-46(62)6)67-71-68(76-59-31-19-15-27-51(59)55-35-33-53-49-25-13-17-29-57(49)74(63(53)65(55)76)47-21-9-7-10-22-47)73-69(72-67)77-60-32-20-16-28-52(60)56-36-34-54-50-26-14-18-30-58(50)75(64(54)66(56)77)48-23-11-8-12-24-48/h7-40H,1-6H3. The van der Waals surface area contributed by atoms with Gasteiger partial charge in [0.25, 0.3) is 6.71 Å². The quantitative estimate of drug-likeness (QED) is 0.150. The summed E-state index contributed by atoms with van der Waals surface area (Å²) in [4.78, 5) is 17.8. The average molecular weight is 990 g/mol. The number of nitrogens with zero attached hydrogens (tertiary/aromatic N) is 7. The highest BCUT2D eigenvalue weighted by Gasteiger charge is 2.34. The van der Waals surface area contributed by atoms with E-state index in [-0.39, 0.29) is 6.71 Å². The normalized spacial score (nSPS) is 12.0. The van der Waals surface area contributed by atoms with E-state index in [0.29, 0.717) is 17.6 Å². The first-order valence-electron chi connectivity index (χ1n) is 26.7. The van der Waals surface area contributed by atoms with Crippen molar-refractivity contribution in [2.24, 2.45) is 0 Å². The van der Waals surface area contributed by atoms with Gasteiger partial charge in [-0.1, -0.05) is 202 Å². The van der Waals surface area contributed by atoms with Crippen molar-refractivity contribution >= 4 is 111 Å². The Morgan fingerprint density at radius 3 is 0.909 bits per heavy atom. The largest absolute Gasteiger partial charge is 0.307 e. The van der Waals surface area contributed by atoms with Crippen LogP contribution < -0.4 is 16.6 Å². The molecule has 0 radical (unpaired) electrons. The van der Waals surface area contributed by atoms with Gasteiger partial charge in [-0.05, 0) is 90.1 Å². The molecule has 5 heterocycles. The van der Waals surface area contributed by atoms with Gasteiger partial charge in [-0.3, -0.25) is 9.13 Å². The maximum absolute atomic E-state index is 5.95. The van der Waals surface area contributed by atoms with E-state index in [0.717, 1.165) is 87.8 Å². The highest BCUT2D eigenvalue weighted by Crippen LogP contribution is 2.43. The monoisotopic (exact) mass is 989 g/mol. The van der Waals surface area contributed by atoms with Crippen LogP contribution in [0.1, 0.15) is 33.4 Å². The van der Waals surface area contributed by atoms with E-state index >= 15 is 0 Å². The Morgan fingerprint density at radius 2 is 0.571 bits per heavy atom. The number of hydrogen-bond acceptors (Lipinski definition) is 3. The van der Waals surface area contributed by atoms with E-state index in [9.17, 15) is 0 Å². The van der Waals surface area contributed by atoms with Crippen LogP contribution in [0.3, 0.4) is 0 Å². The molecule has 0 atom stereocenters. The van der Waals surface area contributed by atoms with Crippen LogP contribution in [0.5, 0.6) is 0 Å². The van der Waals surface area contributed by atoms with Crippen LogP contribution in [0.4, 0.5) is 0 Å². The van der Waals surface area contributed by atoms with Crippen LogP contribution in [0.25, 0.3) is 110 Å². The summed E-state index contributed by atoms with van der Waals surface area (Å²) in [5, 5.41) is 9.16. The zero-order valence-corrected chi connectivity index (χ0v) is 43.8. The Labute approximate surface area is 446 Å². The van der Waals surface area contributed by atoms with Crippen LogP contribution >= 0.6 is 0 Å². The SMILES string of the molecule is Cc1cc(C)c(B(c2nc(-n3c4ccccc4c4ccc5c6ccccc6n(-c6ccccc6)c5c43)nc(-n3c4ccccc4c4ccc5c6ccccc6n(-c6ccccc6)c5c43)n2)c2c(C)cc(C)cc2C)c(C)c1. The third-order valence-corrected chi connectivity index (χ3v) is 16.3. The average Bonchev–Trinajstić information content (AvgIpc) is 4.39. The predicted octanol–water partition coefficient (Wildman–Crippen LogP) is 14.6. The molecule has 8 heteroatoms. The second-order valence-corrected chi connectivity index (χ2v) is 21.1. The summed E-state index contributed by atoms with van der Waals surface area (Å²) in [7, 11) is 0. The molecule has 0 aliphatic carbocycles. The maximum atomic E-state index is 5.95. The Morgan fingerprint density at radius 1 is 0.286 bits per heavy atom. The van der Waals surface area contributed by atoms with Crippen LogP contribution in [-0.2, 0) is 0 Å². The zero-order chi connectivity index (χ0) is 51.8. The first-order valence-corrected chi connectivity index (χ1v) is 26.7. The molecule has 7 nitrogen and oxygen atoms in total. The first kappa shape index (κ1) is 44.9. The molecule has 10 aromatic carbocycles. The van der Waals surface area contributed by atoms with Crippen molar-refractivity contribution in [3.05, 3.63) is 240 Å². The van der Waals surface area contributed by atoms with E-state index in [1.165, 1.54) is 55.1 Å². The molecule has 0 amide bonds. The third-order valence-electron chi connectivity index (χ3n) is 16.3. The van der Waals surface area contributed by atoms with Crippen molar-refractivity contribution in [2.75, 3.05) is 0 Å². The van der Waals surface area contributed by atoms with Crippen molar-refractivity contribution in [1.29, 1.82) is 0 Å². The molecule has 0 spiro atoms. The van der Waals surface area contributed by atoms with Crippen molar-refractivity contribution in [2.45, 2.75) is 41.5 Å². The van der Waals surface area contributed by atoms with E-state index < -0.39 is 0 Å². The summed E-state index contributed by atoms with van der Waals surface area (Å²) in [6, 6.07) is 75.0. The van der Waals surface area contributed by atoms with E-state index in [2.05, 4.69) is 266 Å². The van der Waals surface area contributed by atoms with Gasteiger partial charge in [0.15, 0.2) is 0 Å². The molecule has 15 aromatic rings. The van der Waals surface area contributed by atoms with Crippen LogP contribution in [-0.4, -0.2) is 39.9 Å². The molecule has 366 valence electrons. The highest BCUT2D eigenvalue weighted by atomic mass is 15.3. The smallest absolute Gasteiger partial charge is 0.291 e. The Balaban J connectivity index is 1.16. The highest BCUT2D eigenvalue weighted by molar-refractivity contribution is 6.95. The first-order chi connectivity index (χ1) is 37.7. The second-order valence-electron chi connectivity index (χ2n) is 21.1. The number of hydrogen-bond donors (Lipinski definition) is 0. The Bertz CT molecular complexity index is 4590. The van der Waals surface area contributed by atoms with Crippen molar-refractivity contribution < 1.29 is 0 Å². The second kappa shape index (κ2) is 17.0. The lowest BCUT2D eigenvalue weighted by molar-refractivity contribution is 0.905. The van der Waals surface area contributed by atoms with Crippen molar-refractivity contribution in [3.8, 4) is 23.3 Å². The Hall–Kier alpha value is -9.53. The van der Waals surface area contributed by atoms with Gasteiger partial charge in [0, 0.05) is 54.5 Å². The molecule has 77 heavy (non-hydrogen) atoms. The van der Waals surface area contributed by atoms with Gasteiger partial charge < -0.3 is 9.13 Å². The predicted molar refractivity (Wildman–Crippen MR) is 323 cm³/mol. The van der Waals surface area contributed by atoms with Gasteiger partial charge in [-0.2, -0.15) is 4.98 Å². The van der Waals surface area contributed by atoms with E-state index in [4.69, 9.17) is 15.0 Å². The molecule has 0 bridgehead atoms. The van der Waals surface area contributed by atoms with Crippen LogP contribution in [0.2, 0.25) is 0 Å². The lowest BCUT2D eigenvalue weighted by Gasteiger charge is -2.24. The molecule has 15 rings (SSSR count). The molecule has 0 fully saturated rings. The summed E-state index contributed by atoms with van der Waals surface area (Å²) in [5.41, 5.74) is 21.0. The maximum Gasteiger partial charge on any atom is 0.291 e. The number of aryl methyl sites for hydroxylation is 6. The molecule has 0 N–H and O–H groups in total. The van der Waals surface area contributed by atoms with E-state index in [1.54, 1.807) is 0 Å². The lowest BCUT2D eigenvalue weighted by Crippen LogP contribution is -2.58. The molecule has 5 aromatic heterocycles. The zero-order valence-electron chi connectivity index (χ0n) is 43.8. The van der Waals surface area contributed by atoms with Crippen molar-refractivity contribution in [3.63, 3.8) is 0 Å². The fourth-order valence-corrected chi connectivity index (χ4v) is 13.5. The lowest BCUT2D eigenvalue weighted by atomic mass is 9.37. The minimum Gasteiger partial charge on any atom is -0.307 e. The summed E-state index contributed by atoms with van der Waals surface area (Å²) in [6.45, 7) is 13.0. The van der Waals surface area contributed by atoms with Gasteiger partial charge in [-0.25, -0.2) is 9.97 Å². The number of fused-ring (bicyclic) bond motifs is 14. The summed E-state index contributed by atoms with van der Waals surface area (Å²) < 4.78 is 9.53. The van der Waals surface area contributed by atoms with Gasteiger partial charge in [0.1, 0.15) is 5.72 Å². The molecule has 0 aliphatic rings. The molecular formula is C69H52BN7. The van der Waals surface area contributed by atoms with Gasteiger partial charge in [0.2, 0.25) is 11.9 Å². The molecule has 0 saturated heterocycles. The third kappa shape index (κ3) is 6.61. The minimum atomic E-state index is -0.357. The molecule has 0 aliphatic heterocycles. The fraction of sp³-hybridized carbons (Fsp3) is 0.0870. The molecule has 0 saturated carbocycles. The number of benzene rings is 10. The number of para-hydroxylation sites is 6.